The maximum absolute atomic E-state index is 12.2. The van der Waals surface area contributed by atoms with Crippen molar-refractivity contribution >= 4 is 28.5 Å². The van der Waals surface area contributed by atoms with Crippen molar-refractivity contribution < 1.29 is 13.9 Å². The minimum atomic E-state index is -0.400. The zero-order valence-electron chi connectivity index (χ0n) is 15.1. The minimum Gasteiger partial charge on any atom is -0.484 e. The molecule has 0 bridgehead atoms. The Hall–Kier alpha value is -2.79. The number of ether oxygens (including phenoxy) is 1. The van der Waals surface area contributed by atoms with Crippen LogP contribution in [0.5, 0.6) is 5.75 Å². The summed E-state index contributed by atoms with van der Waals surface area (Å²) in [5, 5.41) is 4.31. The summed E-state index contributed by atoms with van der Waals surface area (Å²) in [5.41, 5.74) is 1.80. The van der Waals surface area contributed by atoms with Crippen molar-refractivity contribution in [1.29, 1.82) is 0 Å². The Bertz CT molecular complexity index is 1030. The first-order valence-corrected chi connectivity index (χ1v) is 9.09. The van der Waals surface area contributed by atoms with Gasteiger partial charge in [0.15, 0.2) is 6.61 Å². The number of aryl methyl sites for hydroxylation is 1. The summed E-state index contributed by atoms with van der Waals surface area (Å²) in [6, 6.07) is 13.8. The predicted molar refractivity (Wildman–Crippen MR) is 105 cm³/mol. The number of carbonyl (C=O) groups is 1. The lowest BCUT2D eigenvalue weighted by atomic mass is 10.1. The summed E-state index contributed by atoms with van der Waals surface area (Å²) in [7, 11) is 0. The Kier molecular flexibility index (Phi) is 5.81. The fraction of sp³-hybridized carbons (Fsp3) is 0.238. The van der Waals surface area contributed by atoms with E-state index in [4.69, 9.17) is 20.8 Å². The van der Waals surface area contributed by atoms with Gasteiger partial charge >= 0.3 is 5.63 Å². The van der Waals surface area contributed by atoms with Crippen molar-refractivity contribution in [3.63, 3.8) is 0 Å². The SMILES string of the molecule is CCc1cc(=O)oc2cc(OCC(=O)NC(C)c3ccccc3Cl)ccc12. The molecule has 6 heteroatoms. The van der Waals surface area contributed by atoms with Gasteiger partial charge in [0.25, 0.3) is 5.91 Å². The molecular weight excluding hydrogens is 366 g/mol. The van der Waals surface area contributed by atoms with Crippen LogP contribution in [-0.4, -0.2) is 12.5 Å². The van der Waals surface area contributed by atoms with E-state index in [1.807, 2.05) is 38.1 Å². The monoisotopic (exact) mass is 385 g/mol. The predicted octanol–water partition coefficient (Wildman–Crippen LogP) is 4.27. The molecule has 0 aliphatic carbocycles. The zero-order chi connectivity index (χ0) is 19.4. The number of hydrogen-bond donors (Lipinski definition) is 1. The summed E-state index contributed by atoms with van der Waals surface area (Å²) < 4.78 is 10.8. The minimum absolute atomic E-state index is 0.155. The Morgan fingerprint density at radius 1 is 1.22 bits per heavy atom. The lowest BCUT2D eigenvalue weighted by Crippen LogP contribution is -2.31. The van der Waals surface area contributed by atoms with Crippen LogP contribution in [0.3, 0.4) is 0 Å². The van der Waals surface area contributed by atoms with Gasteiger partial charge in [0.2, 0.25) is 0 Å². The third-order valence-corrected chi connectivity index (χ3v) is 4.65. The lowest BCUT2D eigenvalue weighted by molar-refractivity contribution is -0.123. The van der Waals surface area contributed by atoms with Gasteiger partial charge in [-0.05, 0) is 42.7 Å². The highest BCUT2D eigenvalue weighted by atomic mass is 35.5. The fourth-order valence-electron chi connectivity index (χ4n) is 2.93. The molecule has 2 aromatic carbocycles. The van der Waals surface area contributed by atoms with Crippen LogP contribution >= 0.6 is 11.6 Å². The fourth-order valence-corrected chi connectivity index (χ4v) is 3.23. The summed E-state index contributed by atoms with van der Waals surface area (Å²) >= 11 is 6.15. The molecule has 0 fully saturated rings. The highest BCUT2D eigenvalue weighted by Gasteiger charge is 2.13. The van der Waals surface area contributed by atoms with E-state index in [1.54, 1.807) is 18.2 Å². The largest absolute Gasteiger partial charge is 0.484 e. The van der Waals surface area contributed by atoms with Gasteiger partial charge in [-0.1, -0.05) is 36.7 Å². The van der Waals surface area contributed by atoms with E-state index >= 15 is 0 Å². The first-order chi connectivity index (χ1) is 13.0. The Balaban J connectivity index is 1.67. The quantitative estimate of drug-likeness (QED) is 0.643. The second-order valence-corrected chi connectivity index (χ2v) is 6.61. The normalized spacial score (nSPS) is 12.0. The van der Waals surface area contributed by atoms with Crippen molar-refractivity contribution in [3.05, 3.63) is 75.1 Å². The van der Waals surface area contributed by atoms with Crippen LogP contribution in [0.1, 0.15) is 31.0 Å². The van der Waals surface area contributed by atoms with Gasteiger partial charge in [-0.2, -0.15) is 0 Å². The van der Waals surface area contributed by atoms with E-state index in [1.165, 1.54) is 6.07 Å². The van der Waals surface area contributed by atoms with Crippen molar-refractivity contribution in [2.24, 2.45) is 0 Å². The number of amides is 1. The molecule has 0 radical (unpaired) electrons. The standard InChI is InChI=1S/C21H20ClNO4/c1-3-14-10-21(25)27-19-11-15(8-9-17(14)19)26-12-20(24)23-13(2)16-6-4-5-7-18(16)22/h4-11,13H,3,12H2,1-2H3,(H,23,24). The Morgan fingerprint density at radius 3 is 2.74 bits per heavy atom. The molecule has 1 unspecified atom stereocenters. The van der Waals surface area contributed by atoms with E-state index in [9.17, 15) is 9.59 Å². The van der Waals surface area contributed by atoms with Crippen LogP contribution in [0, 0.1) is 0 Å². The second-order valence-electron chi connectivity index (χ2n) is 6.20. The van der Waals surface area contributed by atoms with E-state index < -0.39 is 5.63 Å². The maximum atomic E-state index is 12.2. The van der Waals surface area contributed by atoms with E-state index in [2.05, 4.69) is 5.32 Å². The zero-order valence-corrected chi connectivity index (χ0v) is 15.9. The molecule has 1 aromatic heterocycles. The molecule has 0 aliphatic rings. The molecule has 1 N–H and O–H groups in total. The van der Waals surface area contributed by atoms with Gasteiger partial charge in [-0.25, -0.2) is 4.79 Å². The van der Waals surface area contributed by atoms with Gasteiger partial charge in [0.05, 0.1) is 6.04 Å². The van der Waals surface area contributed by atoms with Crippen molar-refractivity contribution in [2.45, 2.75) is 26.3 Å². The van der Waals surface area contributed by atoms with Crippen LogP contribution in [0.15, 0.2) is 57.7 Å². The Morgan fingerprint density at radius 2 is 2.00 bits per heavy atom. The van der Waals surface area contributed by atoms with E-state index in [0.29, 0.717) is 16.4 Å². The van der Waals surface area contributed by atoms with Crippen LogP contribution in [0.2, 0.25) is 5.02 Å². The lowest BCUT2D eigenvalue weighted by Gasteiger charge is -2.16. The summed E-state index contributed by atoms with van der Waals surface area (Å²) in [4.78, 5) is 23.8. The number of carbonyl (C=O) groups excluding carboxylic acids is 1. The van der Waals surface area contributed by atoms with Crippen molar-refractivity contribution in [1.82, 2.24) is 5.32 Å². The van der Waals surface area contributed by atoms with Crippen LogP contribution in [-0.2, 0) is 11.2 Å². The number of rotatable bonds is 6. The van der Waals surface area contributed by atoms with Gasteiger partial charge in [-0.3, -0.25) is 4.79 Å². The molecule has 1 heterocycles. The molecule has 140 valence electrons. The first kappa shape index (κ1) is 19.0. The molecule has 3 rings (SSSR count). The number of hydrogen-bond acceptors (Lipinski definition) is 4. The number of fused-ring (bicyclic) bond motifs is 1. The summed E-state index contributed by atoms with van der Waals surface area (Å²) in [5.74, 6) is 0.186. The average molecular weight is 386 g/mol. The van der Waals surface area contributed by atoms with Crippen LogP contribution < -0.4 is 15.7 Å². The molecule has 0 spiro atoms. The topological polar surface area (TPSA) is 68.5 Å². The molecule has 0 saturated carbocycles. The molecule has 5 nitrogen and oxygen atoms in total. The average Bonchev–Trinajstić information content (AvgIpc) is 2.65. The number of halogens is 1. The summed E-state index contributed by atoms with van der Waals surface area (Å²) in [6.07, 6.45) is 0.727. The summed E-state index contributed by atoms with van der Waals surface area (Å²) in [6.45, 7) is 3.68. The van der Waals surface area contributed by atoms with Gasteiger partial charge in [-0.15, -0.1) is 0 Å². The molecule has 3 aromatic rings. The van der Waals surface area contributed by atoms with Crippen molar-refractivity contribution in [2.75, 3.05) is 6.61 Å². The highest BCUT2D eigenvalue weighted by Crippen LogP contribution is 2.24. The molecule has 27 heavy (non-hydrogen) atoms. The number of nitrogens with one attached hydrogen (secondary N) is 1. The molecule has 1 amide bonds. The molecule has 1 atom stereocenters. The second kappa shape index (κ2) is 8.27. The Labute approximate surface area is 161 Å². The van der Waals surface area contributed by atoms with E-state index in [-0.39, 0.29) is 18.6 Å². The first-order valence-electron chi connectivity index (χ1n) is 8.71. The highest BCUT2D eigenvalue weighted by molar-refractivity contribution is 6.31. The smallest absolute Gasteiger partial charge is 0.336 e. The van der Waals surface area contributed by atoms with E-state index in [0.717, 1.165) is 22.9 Å². The third kappa shape index (κ3) is 4.49. The van der Waals surface area contributed by atoms with Crippen molar-refractivity contribution in [3.8, 4) is 5.75 Å². The third-order valence-electron chi connectivity index (χ3n) is 4.30. The molecule has 0 aliphatic heterocycles. The van der Waals surface area contributed by atoms with Gasteiger partial charge in [0.1, 0.15) is 11.3 Å². The number of benzene rings is 2. The van der Waals surface area contributed by atoms with Gasteiger partial charge in [0, 0.05) is 22.5 Å². The maximum Gasteiger partial charge on any atom is 0.336 e. The van der Waals surface area contributed by atoms with Crippen LogP contribution in [0.25, 0.3) is 11.0 Å². The molecular formula is C21H20ClNO4. The molecule has 0 saturated heterocycles. The van der Waals surface area contributed by atoms with Gasteiger partial charge < -0.3 is 14.5 Å². The van der Waals surface area contributed by atoms with Crippen LogP contribution in [0.4, 0.5) is 0 Å².